The van der Waals surface area contributed by atoms with Gasteiger partial charge in [-0.2, -0.15) is 0 Å². The second-order valence-electron chi connectivity index (χ2n) is 8.41. The van der Waals surface area contributed by atoms with Crippen LogP contribution in [0.1, 0.15) is 6.85 Å². The van der Waals surface area contributed by atoms with Crippen molar-refractivity contribution >= 4 is 43.8 Å². The molecule has 0 bridgehead atoms. The maximum Gasteiger partial charge on any atom is 0.0629 e. The van der Waals surface area contributed by atoms with E-state index in [9.17, 15) is 0 Å². The van der Waals surface area contributed by atoms with E-state index < -0.39 is 6.04 Å². The lowest BCUT2D eigenvalue weighted by atomic mass is 10.0. The van der Waals surface area contributed by atoms with Gasteiger partial charge < -0.3 is 4.90 Å². The Balaban J connectivity index is 1.50. The van der Waals surface area contributed by atoms with E-state index in [1.165, 1.54) is 0 Å². The zero-order valence-corrected chi connectivity index (χ0v) is 20.9. The van der Waals surface area contributed by atoms with E-state index in [1.54, 1.807) is 0 Å². The molecule has 0 unspecified atom stereocenters. The minimum absolute atomic E-state index is 0.190. The van der Waals surface area contributed by atoms with E-state index in [-0.39, 0.29) is 29.7 Å². The van der Waals surface area contributed by atoms with Crippen LogP contribution < -0.4 is 4.90 Å². The highest BCUT2D eigenvalue weighted by molar-refractivity contribution is 9.10. The molecule has 0 aliphatic heterocycles. The van der Waals surface area contributed by atoms with Gasteiger partial charge in [-0.1, -0.05) is 125 Å². The largest absolute Gasteiger partial charge is 0.310 e. The van der Waals surface area contributed by atoms with Gasteiger partial charge in [0.05, 0.1) is 12.5 Å². The number of rotatable bonds is 5. The molecule has 172 valence electrons. The average molecular weight is 532 g/mol. The van der Waals surface area contributed by atoms with E-state index >= 15 is 0 Å². The fourth-order valence-corrected chi connectivity index (χ4v) is 4.95. The Hall–Kier alpha value is -4.14. The number of hydrogen-bond acceptors (Lipinski definition) is 1. The van der Waals surface area contributed by atoms with Crippen molar-refractivity contribution in [1.29, 1.82) is 0 Å². The lowest BCUT2D eigenvalue weighted by Gasteiger charge is -2.27. The smallest absolute Gasteiger partial charge is 0.0629 e. The highest BCUT2D eigenvalue weighted by atomic mass is 79.9. The molecule has 0 atom stereocenters. The van der Waals surface area contributed by atoms with Crippen molar-refractivity contribution in [2.45, 2.75) is 0 Å². The molecule has 0 aromatic heterocycles. The Morgan fingerprint density at radius 1 is 0.472 bits per heavy atom. The summed E-state index contributed by atoms with van der Waals surface area (Å²) in [5, 5.41) is 2.16. The predicted octanol–water partition coefficient (Wildman–Crippen LogP) is 10.4. The van der Waals surface area contributed by atoms with Crippen molar-refractivity contribution in [2.24, 2.45) is 0 Å². The summed E-state index contributed by atoms with van der Waals surface area (Å²) in [6, 6.07) is 37.0. The summed E-state index contributed by atoms with van der Waals surface area (Å²) in [6.07, 6.45) is 0. The summed E-state index contributed by atoms with van der Waals surface area (Å²) >= 11 is 3.70. The van der Waals surface area contributed by atoms with E-state index in [2.05, 4.69) is 75.4 Å². The zero-order valence-electron chi connectivity index (χ0n) is 24.3. The van der Waals surface area contributed by atoms with Crippen molar-refractivity contribution in [3.05, 3.63) is 150 Å². The van der Waals surface area contributed by atoms with Crippen LogP contribution in [0.4, 0.5) is 17.1 Å². The minimum atomic E-state index is -0.396. The summed E-state index contributed by atoms with van der Waals surface area (Å²) in [5.41, 5.74) is 5.84. The molecule has 0 saturated heterocycles. The molecular weight excluding hydrogens is 502 g/mol. The molecule has 1 nitrogen and oxygen atoms in total. The van der Waals surface area contributed by atoms with Gasteiger partial charge in [0, 0.05) is 21.2 Å². The molecule has 0 spiro atoms. The van der Waals surface area contributed by atoms with Gasteiger partial charge in [-0.05, 0) is 64.0 Å². The third-order valence-corrected chi connectivity index (χ3v) is 6.93. The van der Waals surface area contributed by atoms with E-state index in [0.717, 1.165) is 43.4 Å². The summed E-state index contributed by atoms with van der Waals surface area (Å²) in [7, 11) is 0. The van der Waals surface area contributed by atoms with Crippen LogP contribution in [0.3, 0.4) is 0 Å². The monoisotopic (exact) mass is 530 g/mol. The molecule has 0 aliphatic carbocycles. The maximum atomic E-state index is 8.39. The Labute approximate surface area is 227 Å². The fourth-order valence-electron chi connectivity index (χ4n) is 4.47. The van der Waals surface area contributed by atoms with Crippen LogP contribution in [-0.4, -0.2) is 0 Å². The first-order valence-corrected chi connectivity index (χ1v) is 12.4. The third kappa shape index (κ3) is 4.32. The molecule has 6 aromatic carbocycles. The number of halogens is 1. The second kappa shape index (κ2) is 9.85. The van der Waals surface area contributed by atoms with Crippen LogP contribution in [0.25, 0.3) is 33.0 Å². The second-order valence-corrected chi connectivity index (χ2v) is 9.26. The van der Waals surface area contributed by atoms with Crippen molar-refractivity contribution in [2.75, 3.05) is 4.90 Å². The molecule has 0 saturated carbocycles. The molecule has 0 amide bonds. The van der Waals surface area contributed by atoms with Crippen LogP contribution >= 0.6 is 15.9 Å². The first-order valence-electron chi connectivity index (χ1n) is 14.2. The lowest BCUT2D eigenvalue weighted by molar-refractivity contribution is 1.30. The van der Waals surface area contributed by atoms with Gasteiger partial charge >= 0.3 is 0 Å². The number of fused-ring (bicyclic) bond motifs is 1. The van der Waals surface area contributed by atoms with Crippen LogP contribution in [-0.2, 0) is 0 Å². The molecule has 0 radical (unpaired) electrons. The quantitative estimate of drug-likeness (QED) is 0.214. The SMILES string of the molecule is [2H]c1c([2H])c([2H])c(-c2ccc(N(c3ccc(-c4ccccc4)cc3)c3ccc(Br)c4ccccc34)cc2)c([2H])c1[2H]. The first kappa shape index (κ1) is 17.3. The number of hydrogen-bond donors (Lipinski definition) is 0. The number of nitrogens with zero attached hydrogens (tertiary/aromatic N) is 1. The molecule has 0 heterocycles. The van der Waals surface area contributed by atoms with Gasteiger partial charge in [0.15, 0.2) is 0 Å². The lowest BCUT2D eigenvalue weighted by Crippen LogP contribution is -2.10. The van der Waals surface area contributed by atoms with Gasteiger partial charge in [0.1, 0.15) is 0 Å². The van der Waals surface area contributed by atoms with E-state index in [1.807, 2.05) is 60.7 Å². The normalized spacial score (nSPS) is 12.9. The minimum Gasteiger partial charge on any atom is -0.310 e. The standard InChI is InChI=1S/C34H24BrN/c35-33-23-24-34(32-14-8-7-13-31(32)33)36(29-19-15-27(16-20-29)25-9-3-1-4-10-25)30-21-17-28(18-22-30)26-11-5-2-6-12-26/h1-24H/i1D,3D,4D,9D,10D. The zero-order chi connectivity index (χ0) is 28.7. The van der Waals surface area contributed by atoms with Crippen LogP contribution in [0.2, 0.25) is 0 Å². The van der Waals surface area contributed by atoms with Gasteiger partial charge in [-0.25, -0.2) is 0 Å². The average Bonchev–Trinajstić information content (AvgIpc) is 3.02. The molecule has 0 aliphatic rings. The Morgan fingerprint density at radius 2 is 1.00 bits per heavy atom. The van der Waals surface area contributed by atoms with Crippen LogP contribution in [0, 0.1) is 0 Å². The van der Waals surface area contributed by atoms with Crippen molar-refractivity contribution in [3.8, 4) is 22.3 Å². The van der Waals surface area contributed by atoms with Crippen molar-refractivity contribution in [3.63, 3.8) is 0 Å². The summed E-state index contributed by atoms with van der Waals surface area (Å²) in [4.78, 5) is 2.18. The van der Waals surface area contributed by atoms with Gasteiger partial charge in [0.2, 0.25) is 0 Å². The van der Waals surface area contributed by atoms with Gasteiger partial charge in [-0.3, -0.25) is 0 Å². The highest BCUT2D eigenvalue weighted by Crippen LogP contribution is 2.41. The predicted molar refractivity (Wildman–Crippen MR) is 157 cm³/mol. The van der Waals surface area contributed by atoms with E-state index in [4.69, 9.17) is 6.85 Å². The first-order chi connectivity index (χ1) is 19.8. The van der Waals surface area contributed by atoms with Gasteiger partial charge in [-0.15, -0.1) is 0 Å². The highest BCUT2D eigenvalue weighted by Gasteiger charge is 2.16. The van der Waals surface area contributed by atoms with Crippen LogP contribution in [0.15, 0.2) is 150 Å². The molecule has 2 heteroatoms. The molecule has 0 N–H and O–H groups in total. The van der Waals surface area contributed by atoms with Crippen LogP contribution in [0.5, 0.6) is 0 Å². The summed E-state index contributed by atoms with van der Waals surface area (Å²) in [5.74, 6) is 0. The topological polar surface area (TPSA) is 3.24 Å². The fraction of sp³-hybridized carbons (Fsp3) is 0. The Bertz CT molecular complexity index is 1860. The van der Waals surface area contributed by atoms with Crippen molar-refractivity contribution in [1.82, 2.24) is 0 Å². The molecule has 36 heavy (non-hydrogen) atoms. The van der Waals surface area contributed by atoms with Gasteiger partial charge in [0.25, 0.3) is 0 Å². The number of benzene rings is 6. The molecular formula is C34H24BrN. The third-order valence-electron chi connectivity index (χ3n) is 6.24. The summed E-state index contributed by atoms with van der Waals surface area (Å²) < 4.78 is 41.9. The van der Waals surface area contributed by atoms with Crippen molar-refractivity contribution < 1.29 is 6.85 Å². The summed E-state index contributed by atoms with van der Waals surface area (Å²) in [6.45, 7) is 0. The van der Waals surface area contributed by atoms with E-state index in [0.29, 0.717) is 5.56 Å². The number of anilines is 3. The maximum absolute atomic E-state index is 8.39. The molecule has 6 aromatic rings. The Kier molecular flexibility index (Phi) is 4.74. The Morgan fingerprint density at radius 3 is 1.64 bits per heavy atom. The molecule has 0 fully saturated rings. The molecule has 6 rings (SSSR count).